The second kappa shape index (κ2) is 7.62. The van der Waals surface area contributed by atoms with E-state index in [0.717, 1.165) is 31.5 Å². The van der Waals surface area contributed by atoms with Crippen molar-refractivity contribution >= 4 is 23.2 Å². The van der Waals surface area contributed by atoms with Crippen molar-refractivity contribution in [2.75, 3.05) is 26.7 Å². The SMILES string of the molecule is CNC(CCN1CCCC1CO)c1cccc(Cl)c1Cl. The van der Waals surface area contributed by atoms with Crippen LogP contribution in [0, 0.1) is 0 Å². The van der Waals surface area contributed by atoms with Gasteiger partial charge in [-0.15, -0.1) is 0 Å². The van der Waals surface area contributed by atoms with Gasteiger partial charge in [-0.1, -0.05) is 35.3 Å². The van der Waals surface area contributed by atoms with E-state index < -0.39 is 0 Å². The summed E-state index contributed by atoms with van der Waals surface area (Å²) < 4.78 is 0. The molecule has 1 heterocycles. The van der Waals surface area contributed by atoms with Gasteiger partial charge in [0, 0.05) is 18.6 Å². The van der Waals surface area contributed by atoms with Gasteiger partial charge in [-0.05, 0) is 44.5 Å². The van der Waals surface area contributed by atoms with Crippen molar-refractivity contribution in [3.8, 4) is 0 Å². The Morgan fingerprint density at radius 1 is 1.45 bits per heavy atom. The first-order valence-corrected chi connectivity index (χ1v) is 7.89. The summed E-state index contributed by atoms with van der Waals surface area (Å²) in [6.07, 6.45) is 3.22. The number of likely N-dealkylation sites (tertiary alicyclic amines) is 1. The number of halogens is 2. The van der Waals surface area contributed by atoms with Crippen LogP contribution in [0.1, 0.15) is 30.9 Å². The fraction of sp³-hybridized carbons (Fsp3) is 0.600. The molecule has 2 rings (SSSR count). The number of aliphatic hydroxyl groups is 1. The van der Waals surface area contributed by atoms with Crippen LogP contribution in [-0.2, 0) is 0 Å². The van der Waals surface area contributed by atoms with Gasteiger partial charge in [0.2, 0.25) is 0 Å². The smallest absolute Gasteiger partial charge is 0.0640 e. The molecule has 20 heavy (non-hydrogen) atoms. The summed E-state index contributed by atoms with van der Waals surface area (Å²) >= 11 is 12.4. The third kappa shape index (κ3) is 3.66. The van der Waals surface area contributed by atoms with Gasteiger partial charge in [0.1, 0.15) is 0 Å². The minimum Gasteiger partial charge on any atom is -0.395 e. The zero-order chi connectivity index (χ0) is 14.5. The van der Waals surface area contributed by atoms with Crippen LogP contribution in [0.2, 0.25) is 10.0 Å². The summed E-state index contributed by atoms with van der Waals surface area (Å²) in [5.41, 5.74) is 1.04. The zero-order valence-electron chi connectivity index (χ0n) is 11.8. The normalized spacial score (nSPS) is 21.3. The van der Waals surface area contributed by atoms with Crippen molar-refractivity contribution in [3.63, 3.8) is 0 Å². The van der Waals surface area contributed by atoms with E-state index in [1.54, 1.807) is 0 Å². The summed E-state index contributed by atoms with van der Waals surface area (Å²) in [5.74, 6) is 0. The first-order chi connectivity index (χ1) is 9.67. The van der Waals surface area contributed by atoms with E-state index in [4.69, 9.17) is 23.2 Å². The van der Waals surface area contributed by atoms with E-state index in [1.807, 2.05) is 25.2 Å². The largest absolute Gasteiger partial charge is 0.395 e. The topological polar surface area (TPSA) is 35.5 Å². The van der Waals surface area contributed by atoms with Gasteiger partial charge >= 0.3 is 0 Å². The van der Waals surface area contributed by atoms with Gasteiger partial charge in [0.25, 0.3) is 0 Å². The highest BCUT2D eigenvalue weighted by Gasteiger charge is 2.24. The van der Waals surface area contributed by atoms with Crippen LogP contribution in [0.4, 0.5) is 0 Å². The average Bonchev–Trinajstić information content (AvgIpc) is 2.91. The Morgan fingerprint density at radius 2 is 2.25 bits per heavy atom. The van der Waals surface area contributed by atoms with Crippen LogP contribution in [0.5, 0.6) is 0 Å². The summed E-state index contributed by atoms with van der Waals surface area (Å²) in [6, 6.07) is 6.26. The zero-order valence-corrected chi connectivity index (χ0v) is 13.3. The Balaban J connectivity index is 2.00. The minimum atomic E-state index is 0.182. The first kappa shape index (κ1) is 16.1. The van der Waals surface area contributed by atoms with Gasteiger partial charge in [-0.2, -0.15) is 0 Å². The molecule has 0 aliphatic carbocycles. The number of benzene rings is 1. The molecule has 1 aromatic carbocycles. The molecule has 1 fully saturated rings. The van der Waals surface area contributed by atoms with Gasteiger partial charge in [0.15, 0.2) is 0 Å². The lowest BCUT2D eigenvalue weighted by Crippen LogP contribution is -2.34. The van der Waals surface area contributed by atoms with E-state index >= 15 is 0 Å². The molecule has 0 saturated carbocycles. The Morgan fingerprint density at radius 3 is 2.95 bits per heavy atom. The molecule has 2 N–H and O–H groups in total. The standard InChI is InChI=1S/C15H22Cl2N2O/c1-18-14(12-5-2-6-13(16)15(12)17)7-9-19-8-3-4-11(19)10-20/h2,5-6,11,14,18,20H,3-4,7-10H2,1H3. The third-order valence-corrected chi connectivity index (χ3v) is 4.95. The highest BCUT2D eigenvalue weighted by atomic mass is 35.5. The van der Waals surface area contributed by atoms with Crippen molar-refractivity contribution in [1.29, 1.82) is 0 Å². The number of nitrogens with zero attached hydrogens (tertiary/aromatic N) is 1. The van der Waals surface area contributed by atoms with Crippen LogP contribution in [0.15, 0.2) is 18.2 Å². The van der Waals surface area contributed by atoms with Crippen LogP contribution in [0.3, 0.4) is 0 Å². The van der Waals surface area contributed by atoms with E-state index in [9.17, 15) is 5.11 Å². The Bertz CT molecular complexity index is 442. The summed E-state index contributed by atoms with van der Waals surface area (Å²) in [6.45, 7) is 2.28. The molecule has 0 radical (unpaired) electrons. The van der Waals surface area contributed by atoms with Crippen LogP contribution in [-0.4, -0.2) is 42.8 Å². The Labute approximate surface area is 130 Å². The van der Waals surface area contributed by atoms with Crippen molar-refractivity contribution in [2.24, 2.45) is 0 Å². The van der Waals surface area contributed by atoms with Crippen LogP contribution in [0.25, 0.3) is 0 Å². The summed E-state index contributed by atoms with van der Waals surface area (Å²) in [4.78, 5) is 2.36. The van der Waals surface area contributed by atoms with Crippen molar-refractivity contribution in [2.45, 2.75) is 31.3 Å². The third-order valence-electron chi connectivity index (χ3n) is 4.12. The molecule has 0 aromatic heterocycles. The lowest BCUT2D eigenvalue weighted by molar-refractivity contribution is 0.154. The van der Waals surface area contributed by atoms with Crippen molar-refractivity contribution in [1.82, 2.24) is 10.2 Å². The van der Waals surface area contributed by atoms with E-state index in [0.29, 0.717) is 16.1 Å². The molecule has 1 saturated heterocycles. The molecule has 0 spiro atoms. The fourth-order valence-corrected chi connectivity index (χ4v) is 3.38. The molecular formula is C15H22Cl2N2O. The second-order valence-corrected chi connectivity index (χ2v) is 6.07. The highest BCUT2D eigenvalue weighted by Crippen LogP contribution is 2.31. The number of nitrogens with one attached hydrogen (secondary N) is 1. The van der Waals surface area contributed by atoms with Crippen molar-refractivity contribution in [3.05, 3.63) is 33.8 Å². The number of hydrogen-bond acceptors (Lipinski definition) is 3. The molecule has 0 bridgehead atoms. The van der Waals surface area contributed by atoms with Gasteiger partial charge in [-0.25, -0.2) is 0 Å². The molecule has 3 nitrogen and oxygen atoms in total. The van der Waals surface area contributed by atoms with Crippen LogP contribution >= 0.6 is 23.2 Å². The maximum absolute atomic E-state index is 9.36. The highest BCUT2D eigenvalue weighted by molar-refractivity contribution is 6.42. The minimum absolute atomic E-state index is 0.182. The van der Waals surface area contributed by atoms with Crippen LogP contribution < -0.4 is 5.32 Å². The quantitative estimate of drug-likeness (QED) is 0.846. The van der Waals surface area contributed by atoms with Gasteiger partial charge in [-0.3, -0.25) is 4.90 Å². The van der Waals surface area contributed by atoms with E-state index in [-0.39, 0.29) is 12.6 Å². The van der Waals surface area contributed by atoms with E-state index in [2.05, 4.69) is 10.2 Å². The molecule has 112 valence electrons. The molecule has 1 aromatic rings. The second-order valence-electron chi connectivity index (χ2n) is 5.29. The summed E-state index contributed by atoms with van der Waals surface area (Å²) in [5, 5.41) is 13.9. The van der Waals surface area contributed by atoms with E-state index in [1.165, 1.54) is 6.42 Å². The average molecular weight is 317 g/mol. The molecule has 2 unspecified atom stereocenters. The number of rotatable bonds is 6. The maximum atomic E-state index is 9.36. The van der Waals surface area contributed by atoms with Gasteiger partial charge < -0.3 is 10.4 Å². The van der Waals surface area contributed by atoms with Crippen molar-refractivity contribution < 1.29 is 5.11 Å². The predicted octanol–water partition coefficient (Wildman–Crippen LogP) is 3.10. The molecule has 1 aliphatic heterocycles. The molecule has 2 atom stereocenters. The molecule has 5 heteroatoms. The number of hydrogen-bond donors (Lipinski definition) is 2. The van der Waals surface area contributed by atoms with Gasteiger partial charge in [0.05, 0.1) is 16.7 Å². The number of aliphatic hydroxyl groups excluding tert-OH is 1. The predicted molar refractivity (Wildman–Crippen MR) is 84.6 cm³/mol. The Hall–Kier alpha value is -0.320. The lowest BCUT2D eigenvalue weighted by atomic mass is 10.0. The first-order valence-electron chi connectivity index (χ1n) is 7.13. The Kier molecular flexibility index (Phi) is 6.12. The molecular weight excluding hydrogens is 295 g/mol. The lowest BCUT2D eigenvalue weighted by Gasteiger charge is -2.26. The maximum Gasteiger partial charge on any atom is 0.0640 e. The molecule has 1 aliphatic rings. The molecule has 0 amide bonds. The fourth-order valence-electron chi connectivity index (χ4n) is 2.94. The monoisotopic (exact) mass is 316 g/mol. The summed E-state index contributed by atoms with van der Waals surface area (Å²) in [7, 11) is 1.94.